The number of carbonyl (C=O) groups excluding carboxylic acids is 1. The van der Waals surface area contributed by atoms with E-state index in [1.54, 1.807) is 0 Å². The number of rotatable bonds is 3. The molecule has 1 heterocycles. The van der Waals surface area contributed by atoms with Gasteiger partial charge in [0.1, 0.15) is 17.5 Å². The zero-order valence-electron chi connectivity index (χ0n) is 16.4. The van der Waals surface area contributed by atoms with Crippen molar-refractivity contribution in [2.45, 2.75) is 19.8 Å². The molecule has 0 bridgehead atoms. The molecule has 0 amide bonds. The number of hydrogen-bond acceptors (Lipinski definition) is 3. The first kappa shape index (κ1) is 19.7. The number of anilines is 1. The number of carbonyl (C=O) groups is 1. The van der Waals surface area contributed by atoms with Crippen molar-refractivity contribution in [1.82, 2.24) is 4.90 Å². The highest BCUT2D eigenvalue weighted by Crippen LogP contribution is 2.31. The van der Waals surface area contributed by atoms with Crippen LogP contribution in [-0.4, -0.2) is 43.4 Å². The van der Waals surface area contributed by atoms with Gasteiger partial charge in [0.05, 0.1) is 0 Å². The molecule has 2 aromatic carbocycles. The van der Waals surface area contributed by atoms with Gasteiger partial charge in [0.2, 0.25) is 0 Å². The molecule has 0 radical (unpaired) electrons. The highest BCUT2D eigenvalue weighted by atomic mass is 19.1. The van der Waals surface area contributed by atoms with Crippen LogP contribution in [0.3, 0.4) is 0 Å². The van der Waals surface area contributed by atoms with E-state index in [-0.39, 0.29) is 11.3 Å². The maximum atomic E-state index is 14.0. The van der Waals surface area contributed by atoms with Gasteiger partial charge < -0.3 is 9.80 Å². The third kappa shape index (κ3) is 3.94. The number of ketones is 1. The van der Waals surface area contributed by atoms with Crippen molar-refractivity contribution in [2.24, 2.45) is 0 Å². The van der Waals surface area contributed by atoms with Crippen LogP contribution in [0.5, 0.6) is 0 Å². The zero-order chi connectivity index (χ0) is 20.5. The number of benzene rings is 2. The molecular formula is C23H23F3N2O. The number of halogens is 3. The van der Waals surface area contributed by atoms with Crippen LogP contribution in [0.25, 0.3) is 6.08 Å². The van der Waals surface area contributed by atoms with Crippen molar-refractivity contribution in [1.29, 1.82) is 0 Å². The summed E-state index contributed by atoms with van der Waals surface area (Å²) in [6.07, 6.45) is 2.24. The van der Waals surface area contributed by atoms with Crippen molar-refractivity contribution in [3.05, 3.63) is 70.0 Å². The number of Topliss-reactive ketones (excluding diaryl/α,β-unsaturated/α-hetero) is 1. The van der Waals surface area contributed by atoms with Gasteiger partial charge >= 0.3 is 0 Å². The fraction of sp³-hybridized carbons (Fsp3) is 0.348. The van der Waals surface area contributed by atoms with Crippen molar-refractivity contribution in [2.75, 3.05) is 37.6 Å². The van der Waals surface area contributed by atoms with Crippen LogP contribution in [0.15, 0.2) is 35.9 Å². The summed E-state index contributed by atoms with van der Waals surface area (Å²) in [6.45, 7) is 7.16. The standard InChI is InChI=1S/C23H23F3N2O/c1-2-27-7-9-28(10-8-27)18-5-6-19-15(11-18)3-4-16(23(19)29)12-20-21(25)13-17(24)14-22(20)26/h5-6,11-14H,2-4,7-10H2,1H3/b16-12+. The van der Waals surface area contributed by atoms with Crippen molar-refractivity contribution in [3.63, 3.8) is 0 Å². The third-order valence-electron chi connectivity index (χ3n) is 5.84. The molecule has 0 unspecified atom stereocenters. The van der Waals surface area contributed by atoms with Gasteiger partial charge in [-0.2, -0.15) is 0 Å². The van der Waals surface area contributed by atoms with Gasteiger partial charge in [0.25, 0.3) is 0 Å². The molecule has 0 saturated carbocycles. The molecule has 2 aliphatic rings. The van der Waals surface area contributed by atoms with E-state index >= 15 is 0 Å². The highest BCUT2D eigenvalue weighted by molar-refractivity contribution is 6.13. The summed E-state index contributed by atoms with van der Waals surface area (Å²) in [4.78, 5) is 17.6. The van der Waals surface area contributed by atoms with Gasteiger partial charge in [-0.05, 0) is 49.2 Å². The summed E-state index contributed by atoms with van der Waals surface area (Å²) in [5.74, 6) is -3.21. The Balaban J connectivity index is 1.58. The van der Waals surface area contributed by atoms with E-state index in [4.69, 9.17) is 0 Å². The molecule has 29 heavy (non-hydrogen) atoms. The topological polar surface area (TPSA) is 23.6 Å². The normalized spacial score (nSPS) is 19.0. The van der Waals surface area contributed by atoms with E-state index in [9.17, 15) is 18.0 Å². The zero-order valence-corrected chi connectivity index (χ0v) is 16.4. The number of nitrogens with zero attached hydrogens (tertiary/aromatic N) is 2. The molecule has 1 aliphatic heterocycles. The van der Waals surface area contributed by atoms with E-state index in [0.29, 0.717) is 36.1 Å². The van der Waals surface area contributed by atoms with Gasteiger partial charge in [0.15, 0.2) is 5.78 Å². The molecule has 2 aromatic rings. The van der Waals surface area contributed by atoms with Crippen molar-refractivity contribution < 1.29 is 18.0 Å². The lowest BCUT2D eigenvalue weighted by molar-refractivity contribution is 0.102. The number of piperazine rings is 1. The molecule has 1 saturated heterocycles. The first-order chi connectivity index (χ1) is 14.0. The molecule has 1 fully saturated rings. The third-order valence-corrected chi connectivity index (χ3v) is 5.84. The Morgan fingerprint density at radius 1 is 0.966 bits per heavy atom. The van der Waals surface area contributed by atoms with E-state index in [1.807, 2.05) is 12.1 Å². The molecule has 0 atom stereocenters. The quantitative estimate of drug-likeness (QED) is 0.711. The number of allylic oxidation sites excluding steroid dienone is 1. The summed E-state index contributed by atoms with van der Waals surface area (Å²) < 4.78 is 41.0. The van der Waals surface area contributed by atoms with Crippen molar-refractivity contribution >= 4 is 17.5 Å². The number of fused-ring (bicyclic) bond motifs is 1. The highest BCUT2D eigenvalue weighted by Gasteiger charge is 2.25. The van der Waals surface area contributed by atoms with Crippen LogP contribution in [-0.2, 0) is 6.42 Å². The van der Waals surface area contributed by atoms with Gasteiger partial charge in [-0.1, -0.05) is 6.92 Å². The molecule has 0 spiro atoms. The number of likely N-dealkylation sites (N-methyl/N-ethyl adjacent to an activating group) is 1. The summed E-state index contributed by atoms with van der Waals surface area (Å²) in [5.41, 5.74) is 2.61. The summed E-state index contributed by atoms with van der Waals surface area (Å²) in [5, 5.41) is 0. The summed E-state index contributed by atoms with van der Waals surface area (Å²) in [7, 11) is 0. The largest absolute Gasteiger partial charge is 0.369 e. The first-order valence-electron chi connectivity index (χ1n) is 9.96. The predicted molar refractivity (Wildman–Crippen MR) is 108 cm³/mol. The second-order valence-corrected chi connectivity index (χ2v) is 7.54. The lowest BCUT2D eigenvalue weighted by Crippen LogP contribution is -2.46. The molecule has 0 N–H and O–H groups in total. The minimum absolute atomic E-state index is 0.225. The number of aryl methyl sites for hydroxylation is 1. The number of hydrogen-bond donors (Lipinski definition) is 0. The van der Waals surface area contributed by atoms with Crippen LogP contribution < -0.4 is 4.90 Å². The Labute approximate surface area is 168 Å². The molecule has 152 valence electrons. The molecule has 4 rings (SSSR count). The lowest BCUT2D eigenvalue weighted by atomic mass is 9.85. The van der Waals surface area contributed by atoms with Crippen LogP contribution in [0, 0.1) is 17.5 Å². The average Bonchev–Trinajstić information content (AvgIpc) is 2.72. The van der Waals surface area contributed by atoms with E-state index in [2.05, 4.69) is 22.8 Å². The predicted octanol–water partition coefficient (Wildman–Crippen LogP) is 4.46. The Morgan fingerprint density at radius 3 is 2.31 bits per heavy atom. The van der Waals surface area contributed by atoms with E-state index in [0.717, 1.165) is 44.0 Å². The van der Waals surface area contributed by atoms with E-state index < -0.39 is 17.5 Å². The minimum Gasteiger partial charge on any atom is -0.369 e. The Morgan fingerprint density at radius 2 is 1.66 bits per heavy atom. The van der Waals surface area contributed by atoms with Gasteiger partial charge in [-0.25, -0.2) is 13.2 Å². The van der Waals surface area contributed by atoms with Crippen LogP contribution in [0.2, 0.25) is 0 Å². The molecule has 0 aromatic heterocycles. The van der Waals surface area contributed by atoms with Gasteiger partial charge in [-0.3, -0.25) is 4.79 Å². The second-order valence-electron chi connectivity index (χ2n) is 7.54. The SMILES string of the molecule is CCN1CCN(c2ccc3c(c2)CC/C(=C\c2c(F)cc(F)cc2F)C3=O)CC1. The Hall–Kier alpha value is -2.60. The van der Waals surface area contributed by atoms with E-state index in [1.165, 1.54) is 6.08 Å². The smallest absolute Gasteiger partial charge is 0.189 e. The fourth-order valence-corrected chi connectivity index (χ4v) is 4.09. The summed E-state index contributed by atoms with van der Waals surface area (Å²) in [6, 6.07) is 7.07. The van der Waals surface area contributed by atoms with Crippen molar-refractivity contribution in [3.8, 4) is 0 Å². The maximum absolute atomic E-state index is 14.0. The Kier molecular flexibility index (Phi) is 5.46. The molecular weight excluding hydrogens is 377 g/mol. The molecule has 6 heteroatoms. The average molecular weight is 400 g/mol. The maximum Gasteiger partial charge on any atom is 0.189 e. The van der Waals surface area contributed by atoms with Crippen LogP contribution in [0.1, 0.15) is 34.8 Å². The monoisotopic (exact) mass is 400 g/mol. The van der Waals surface area contributed by atoms with Gasteiger partial charge in [-0.15, -0.1) is 0 Å². The molecule has 1 aliphatic carbocycles. The van der Waals surface area contributed by atoms with Gasteiger partial charge in [0, 0.05) is 60.7 Å². The fourth-order valence-electron chi connectivity index (χ4n) is 4.09. The van der Waals surface area contributed by atoms with Crippen LogP contribution in [0.4, 0.5) is 18.9 Å². The minimum atomic E-state index is -1.00. The lowest BCUT2D eigenvalue weighted by Gasteiger charge is -2.36. The summed E-state index contributed by atoms with van der Waals surface area (Å²) >= 11 is 0. The van der Waals surface area contributed by atoms with Crippen LogP contribution >= 0.6 is 0 Å². The Bertz CT molecular complexity index is 955. The first-order valence-corrected chi connectivity index (χ1v) is 9.96. The second kappa shape index (κ2) is 8.03. The molecule has 3 nitrogen and oxygen atoms in total.